The van der Waals surface area contributed by atoms with E-state index in [-0.39, 0.29) is 37.1 Å². The highest BCUT2D eigenvalue weighted by molar-refractivity contribution is 7.15. The van der Waals surface area contributed by atoms with E-state index < -0.39 is 6.04 Å². The number of thiophene rings is 1. The van der Waals surface area contributed by atoms with E-state index in [2.05, 4.69) is 40.6 Å². The number of nitrogens with one attached hydrogen (secondary N) is 2. The summed E-state index contributed by atoms with van der Waals surface area (Å²) in [5.74, 6) is 3.82. The van der Waals surface area contributed by atoms with Crippen molar-refractivity contribution in [2.24, 2.45) is 4.99 Å². The summed E-state index contributed by atoms with van der Waals surface area (Å²) >= 11 is 7.86. The lowest BCUT2D eigenvalue weighted by molar-refractivity contribution is -0.121. The van der Waals surface area contributed by atoms with Gasteiger partial charge in [0.15, 0.2) is 11.6 Å². The number of carbonyl (C=O) groups excluding carboxylic acids is 3. The minimum absolute atomic E-state index is 0.0356. The molecule has 1 aliphatic rings. The SMILES string of the molecule is C#CCCCOc1ccc(C(=O)c2ccc(C(=O)NCCNC(=O)C[C@@H]3N=C(c4ccc(Cl)cc4)c4c(sc(C)c4C)-n4c(C)nnc43)cc2)cc1. The number of nitrogens with zero attached hydrogens (tertiary/aromatic N) is 4. The van der Waals surface area contributed by atoms with Crippen LogP contribution in [0.25, 0.3) is 5.00 Å². The topological polar surface area (TPSA) is 128 Å². The lowest BCUT2D eigenvalue weighted by Crippen LogP contribution is -2.35. The number of ether oxygens (including phenoxy) is 1. The van der Waals surface area contributed by atoms with Crippen LogP contribution in [0.2, 0.25) is 5.02 Å². The molecular formula is C40H37ClN6O4S. The molecule has 0 saturated carbocycles. The van der Waals surface area contributed by atoms with Crippen LogP contribution in [-0.4, -0.2) is 57.8 Å². The number of halogens is 1. The number of hydrogen-bond acceptors (Lipinski definition) is 8. The number of rotatable bonds is 13. The smallest absolute Gasteiger partial charge is 0.251 e. The predicted octanol–water partition coefficient (Wildman–Crippen LogP) is 6.76. The molecule has 0 unspecified atom stereocenters. The Morgan fingerprint density at radius 3 is 2.25 bits per heavy atom. The highest BCUT2D eigenvalue weighted by atomic mass is 35.5. The van der Waals surface area contributed by atoms with Gasteiger partial charge < -0.3 is 15.4 Å². The van der Waals surface area contributed by atoms with Crippen molar-refractivity contribution in [3.63, 3.8) is 0 Å². The molecule has 264 valence electrons. The van der Waals surface area contributed by atoms with Gasteiger partial charge in [-0.2, -0.15) is 0 Å². The van der Waals surface area contributed by atoms with Gasteiger partial charge in [0.05, 0.1) is 18.7 Å². The standard InChI is InChI=1S/C40H37ClN6O4S/c1-5-6-7-22-51-32-18-14-29(15-19-32)37(49)28-8-10-30(11-9-28)39(50)43-21-20-42-34(48)23-33-38-46-45-26(4)47(38)40-35(24(2)25(3)52-40)36(44-33)27-12-16-31(41)17-13-27/h1,8-19,33H,6-7,20-23H2,2-4H3,(H,42,48)(H,43,50)/t33-/m0/s1. The second-order valence-electron chi connectivity index (χ2n) is 12.3. The second kappa shape index (κ2) is 16.2. The zero-order valence-corrected chi connectivity index (χ0v) is 30.6. The fraction of sp³-hybridized carbons (Fsp3) is 0.250. The van der Waals surface area contributed by atoms with E-state index in [9.17, 15) is 14.4 Å². The van der Waals surface area contributed by atoms with Crippen LogP contribution in [0.3, 0.4) is 0 Å². The number of ketones is 1. The fourth-order valence-corrected chi connectivity index (χ4v) is 7.21. The lowest BCUT2D eigenvalue weighted by atomic mass is 9.99. The number of aliphatic imine (C=N–C) groups is 1. The van der Waals surface area contributed by atoms with Crippen LogP contribution in [0.5, 0.6) is 5.75 Å². The molecule has 2 N–H and O–H groups in total. The Morgan fingerprint density at radius 1 is 0.904 bits per heavy atom. The third-order valence-corrected chi connectivity index (χ3v) is 10.2. The zero-order chi connectivity index (χ0) is 36.8. The van der Waals surface area contributed by atoms with Crippen LogP contribution in [0, 0.1) is 33.1 Å². The highest BCUT2D eigenvalue weighted by Gasteiger charge is 2.32. The predicted molar refractivity (Wildman–Crippen MR) is 203 cm³/mol. The molecule has 0 fully saturated rings. The van der Waals surface area contributed by atoms with Crippen LogP contribution in [0.15, 0.2) is 77.8 Å². The Hall–Kier alpha value is -5.57. The maximum atomic E-state index is 13.3. The molecule has 2 amide bonds. The van der Waals surface area contributed by atoms with E-state index in [4.69, 9.17) is 27.8 Å². The molecule has 1 atom stereocenters. The summed E-state index contributed by atoms with van der Waals surface area (Å²) in [6, 6.07) is 20.3. The first-order valence-electron chi connectivity index (χ1n) is 16.9. The first-order chi connectivity index (χ1) is 25.1. The molecular weight excluding hydrogens is 696 g/mol. The average molecular weight is 733 g/mol. The number of aromatic nitrogens is 3. The molecule has 3 aromatic carbocycles. The maximum Gasteiger partial charge on any atom is 0.251 e. The summed E-state index contributed by atoms with van der Waals surface area (Å²) in [6.45, 7) is 6.97. The van der Waals surface area contributed by atoms with Crippen molar-refractivity contribution in [3.8, 4) is 23.1 Å². The molecule has 12 heteroatoms. The van der Waals surface area contributed by atoms with Crippen molar-refractivity contribution < 1.29 is 19.1 Å². The van der Waals surface area contributed by atoms with E-state index in [1.165, 1.54) is 0 Å². The van der Waals surface area contributed by atoms with Crippen LogP contribution >= 0.6 is 22.9 Å². The van der Waals surface area contributed by atoms with Gasteiger partial charge >= 0.3 is 0 Å². The number of aryl methyl sites for hydroxylation is 2. The Kier molecular flexibility index (Phi) is 11.3. The number of fused-ring (bicyclic) bond motifs is 3. The van der Waals surface area contributed by atoms with E-state index in [1.54, 1.807) is 59.9 Å². The Bertz CT molecular complexity index is 2180. The van der Waals surface area contributed by atoms with Gasteiger partial charge in [0, 0.05) is 57.2 Å². The summed E-state index contributed by atoms with van der Waals surface area (Å²) in [5.41, 5.74) is 5.12. The van der Waals surface area contributed by atoms with Crippen molar-refractivity contribution in [3.05, 3.63) is 128 Å². The Labute approximate surface area is 311 Å². The third kappa shape index (κ3) is 7.99. The van der Waals surface area contributed by atoms with Crippen LogP contribution in [0.4, 0.5) is 0 Å². The van der Waals surface area contributed by atoms with Crippen molar-refractivity contribution in [1.29, 1.82) is 0 Å². The van der Waals surface area contributed by atoms with Crippen molar-refractivity contribution in [1.82, 2.24) is 25.4 Å². The van der Waals surface area contributed by atoms with Crippen molar-refractivity contribution in [2.45, 2.75) is 46.1 Å². The Balaban J connectivity index is 1.05. The zero-order valence-electron chi connectivity index (χ0n) is 29.0. The summed E-state index contributed by atoms with van der Waals surface area (Å²) in [6.07, 6.45) is 6.71. The minimum Gasteiger partial charge on any atom is -0.494 e. The number of terminal acetylenes is 1. The molecule has 0 bridgehead atoms. The molecule has 1 aliphatic heterocycles. The quantitative estimate of drug-likeness (QED) is 0.0783. The van der Waals surface area contributed by atoms with Gasteiger partial charge in [-0.1, -0.05) is 35.9 Å². The number of amides is 2. The molecule has 5 aromatic rings. The van der Waals surface area contributed by atoms with Crippen molar-refractivity contribution >= 4 is 46.2 Å². The molecule has 0 aliphatic carbocycles. The summed E-state index contributed by atoms with van der Waals surface area (Å²) in [5, 5.41) is 16.1. The van der Waals surface area contributed by atoms with Gasteiger partial charge in [-0.05, 0) is 81.3 Å². The maximum absolute atomic E-state index is 13.3. The monoisotopic (exact) mass is 732 g/mol. The largest absolute Gasteiger partial charge is 0.494 e. The highest BCUT2D eigenvalue weighted by Crippen LogP contribution is 2.39. The summed E-state index contributed by atoms with van der Waals surface area (Å²) in [7, 11) is 0. The van der Waals surface area contributed by atoms with Crippen molar-refractivity contribution in [2.75, 3.05) is 19.7 Å². The molecule has 3 heterocycles. The van der Waals surface area contributed by atoms with Gasteiger partial charge in [-0.25, -0.2) is 0 Å². The van der Waals surface area contributed by atoms with Crippen LogP contribution in [0.1, 0.15) is 84.8 Å². The lowest BCUT2D eigenvalue weighted by Gasteiger charge is -2.13. The van der Waals surface area contributed by atoms with Gasteiger partial charge in [0.25, 0.3) is 5.91 Å². The van der Waals surface area contributed by atoms with E-state index >= 15 is 0 Å². The van der Waals surface area contributed by atoms with Crippen LogP contribution in [-0.2, 0) is 4.79 Å². The third-order valence-electron chi connectivity index (χ3n) is 8.73. The molecule has 10 nitrogen and oxygen atoms in total. The van der Waals surface area contributed by atoms with Gasteiger partial charge in [-0.3, -0.25) is 23.9 Å². The average Bonchev–Trinajstić information content (AvgIpc) is 3.63. The van der Waals surface area contributed by atoms with E-state index in [0.29, 0.717) is 52.1 Å². The number of carbonyl (C=O) groups is 3. The second-order valence-corrected chi connectivity index (χ2v) is 13.9. The molecule has 52 heavy (non-hydrogen) atoms. The number of unbranched alkanes of at least 4 members (excludes halogenated alkanes) is 1. The summed E-state index contributed by atoms with van der Waals surface area (Å²) in [4.78, 5) is 45.4. The molecule has 0 saturated heterocycles. The van der Waals surface area contributed by atoms with Gasteiger partial charge in [0.1, 0.15) is 22.6 Å². The molecule has 0 radical (unpaired) electrons. The number of benzene rings is 3. The summed E-state index contributed by atoms with van der Waals surface area (Å²) < 4.78 is 7.64. The van der Waals surface area contributed by atoms with Crippen LogP contribution < -0.4 is 15.4 Å². The van der Waals surface area contributed by atoms with E-state index in [0.717, 1.165) is 38.7 Å². The molecule has 2 aromatic heterocycles. The van der Waals surface area contributed by atoms with Gasteiger partial charge in [-0.15, -0.1) is 33.9 Å². The first kappa shape index (κ1) is 36.2. The fourth-order valence-electron chi connectivity index (χ4n) is 5.87. The molecule has 0 spiro atoms. The normalized spacial score (nSPS) is 13.2. The van der Waals surface area contributed by atoms with E-state index in [1.807, 2.05) is 35.8 Å². The van der Waals surface area contributed by atoms with Gasteiger partial charge in [0.2, 0.25) is 5.91 Å². The number of hydrogen-bond donors (Lipinski definition) is 2. The first-order valence-corrected chi connectivity index (χ1v) is 18.1. The Morgan fingerprint density at radius 2 is 1.56 bits per heavy atom. The molecule has 6 rings (SSSR count). The minimum atomic E-state index is -0.600.